The number of nitrogens with zero attached hydrogens (tertiary/aromatic N) is 2. The summed E-state index contributed by atoms with van der Waals surface area (Å²) in [6, 6.07) is 10.2. The van der Waals surface area contributed by atoms with Gasteiger partial charge in [0.25, 0.3) is 11.8 Å². The molecule has 0 radical (unpaired) electrons. The van der Waals surface area contributed by atoms with Gasteiger partial charge in [0.05, 0.1) is 16.9 Å². The van der Waals surface area contributed by atoms with E-state index in [2.05, 4.69) is 20.0 Å². The Morgan fingerprint density at radius 1 is 1.17 bits per heavy atom. The fourth-order valence-corrected chi connectivity index (χ4v) is 3.11. The van der Waals surface area contributed by atoms with Gasteiger partial charge in [-0.25, -0.2) is 4.98 Å². The van der Waals surface area contributed by atoms with Crippen LogP contribution in [0.5, 0.6) is 0 Å². The van der Waals surface area contributed by atoms with Crippen molar-refractivity contribution in [2.45, 2.75) is 6.54 Å². The molecule has 1 aromatic carbocycles. The first-order valence-electron chi connectivity index (χ1n) is 7.09. The quantitative estimate of drug-likeness (QED) is 0.749. The molecule has 0 saturated carbocycles. The number of hydrogen-bond donors (Lipinski definition) is 2. The van der Waals surface area contributed by atoms with Gasteiger partial charge >= 0.3 is 0 Å². The van der Waals surface area contributed by atoms with Crippen LogP contribution in [-0.4, -0.2) is 28.2 Å². The molecule has 2 amide bonds. The van der Waals surface area contributed by atoms with Crippen LogP contribution in [0, 0.1) is 0 Å². The predicted octanol–water partition coefficient (Wildman–Crippen LogP) is 2.63. The van der Waals surface area contributed by atoms with Gasteiger partial charge in [0.1, 0.15) is 11.4 Å². The van der Waals surface area contributed by atoms with Crippen LogP contribution in [0.2, 0.25) is 5.02 Å². The molecule has 2 heterocycles. The third kappa shape index (κ3) is 3.37. The number of hydrogen-bond acceptors (Lipinski definition) is 5. The lowest BCUT2D eigenvalue weighted by molar-refractivity contribution is 0.0944. The highest BCUT2D eigenvalue weighted by atomic mass is 35.5. The van der Waals surface area contributed by atoms with E-state index in [4.69, 9.17) is 11.6 Å². The SMILES string of the molecule is CNC(=O)c1cccc(C(=O)NCc2nsc3ccc(Cl)cc23)n1. The van der Waals surface area contributed by atoms with Crippen LogP contribution >= 0.6 is 23.1 Å². The maximum atomic E-state index is 12.3. The molecule has 8 heteroatoms. The van der Waals surface area contributed by atoms with Gasteiger partial charge < -0.3 is 10.6 Å². The Labute approximate surface area is 147 Å². The number of fused-ring (bicyclic) bond motifs is 1. The highest BCUT2D eigenvalue weighted by Crippen LogP contribution is 2.25. The van der Waals surface area contributed by atoms with Crippen LogP contribution < -0.4 is 10.6 Å². The first-order valence-corrected chi connectivity index (χ1v) is 8.25. The second kappa shape index (κ2) is 6.94. The first-order chi connectivity index (χ1) is 11.6. The molecule has 6 nitrogen and oxygen atoms in total. The van der Waals surface area contributed by atoms with E-state index in [1.165, 1.54) is 18.6 Å². The summed E-state index contributed by atoms with van der Waals surface area (Å²) in [4.78, 5) is 27.9. The molecule has 2 N–H and O–H groups in total. The van der Waals surface area contributed by atoms with Crippen LogP contribution in [0.15, 0.2) is 36.4 Å². The zero-order valence-electron chi connectivity index (χ0n) is 12.7. The summed E-state index contributed by atoms with van der Waals surface area (Å²) in [6.07, 6.45) is 0. The van der Waals surface area contributed by atoms with Crippen LogP contribution in [0.4, 0.5) is 0 Å². The lowest BCUT2D eigenvalue weighted by Crippen LogP contribution is -2.26. The summed E-state index contributed by atoms with van der Waals surface area (Å²) in [5.74, 6) is -0.714. The van der Waals surface area contributed by atoms with Crippen LogP contribution in [0.3, 0.4) is 0 Å². The van der Waals surface area contributed by atoms with E-state index in [-0.39, 0.29) is 29.7 Å². The number of nitrogens with one attached hydrogen (secondary N) is 2. The minimum absolute atomic E-state index is 0.175. The van der Waals surface area contributed by atoms with E-state index >= 15 is 0 Å². The van der Waals surface area contributed by atoms with Crippen molar-refractivity contribution in [1.29, 1.82) is 0 Å². The number of amides is 2. The van der Waals surface area contributed by atoms with Gasteiger partial charge in [-0.3, -0.25) is 9.59 Å². The van der Waals surface area contributed by atoms with Gasteiger partial charge in [-0.2, -0.15) is 4.37 Å². The zero-order valence-corrected chi connectivity index (χ0v) is 14.2. The Morgan fingerprint density at radius 2 is 1.92 bits per heavy atom. The van der Waals surface area contributed by atoms with E-state index in [1.54, 1.807) is 24.3 Å². The number of halogens is 1. The number of pyridine rings is 1. The van der Waals surface area contributed by atoms with Gasteiger partial charge in [0.15, 0.2) is 0 Å². The van der Waals surface area contributed by atoms with Gasteiger partial charge in [-0.05, 0) is 41.9 Å². The number of carbonyl (C=O) groups excluding carboxylic acids is 2. The first kappa shape index (κ1) is 16.4. The van der Waals surface area contributed by atoms with Crippen molar-refractivity contribution in [3.8, 4) is 0 Å². The zero-order chi connectivity index (χ0) is 17.1. The molecule has 0 spiro atoms. The highest BCUT2D eigenvalue weighted by molar-refractivity contribution is 7.13. The van der Waals surface area contributed by atoms with Gasteiger partial charge in [-0.15, -0.1) is 0 Å². The lowest BCUT2D eigenvalue weighted by atomic mass is 10.2. The van der Waals surface area contributed by atoms with Gasteiger partial charge in [-0.1, -0.05) is 17.7 Å². The van der Waals surface area contributed by atoms with Crippen LogP contribution in [0.1, 0.15) is 26.7 Å². The molecule has 0 unspecified atom stereocenters. The molecule has 2 aromatic heterocycles. The molecular weight excluding hydrogens is 348 g/mol. The van der Waals surface area contributed by atoms with E-state index < -0.39 is 0 Å². The van der Waals surface area contributed by atoms with Crippen molar-refractivity contribution in [2.24, 2.45) is 0 Å². The topological polar surface area (TPSA) is 84.0 Å². The molecule has 24 heavy (non-hydrogen) atoms. The van der Waals surface area contributed by atoms with E-state index in [0.29, 0.717) is 5.02 Å². The molecule has 0 bridgehead atoms. The second-order valence-electron chi connectivity index (χ2n) is 4.94. The maximum Gasteiger partial charge on any atom is 0.270 e. The summed E-state index contributed by atoms with van der Waals surface area (Å²) < 4.78 is 5.35. The fourth-order valence-electron chi connectivity index (χ4n) is 2.16. The number of aromatic nitrogens is 2. The fraction of sp³-hybridized carbons (Fsp3) is 0.125. The minimum Gasteiger partial charge on any atom is -0.354 e. The third-order valence-electron chi connectivity index (χ3n) is 3.36. The minimum atomic E-state index is -0.371. The van der Waals surface area contributed by atoms with Crippen molar-refractivity contribution in [2.75, 3.05) is 7.05 Å². The summed E-state index contributed by atoms with van der Waals surface area (Å²) in [7, 11) is 1.51. The Hall–Kier alpha value is -2.51. The van der Waals surface area contributed by atoms with Crippen molar-refractivity contribution in [3.63, 3.8) is 0 Å². The average molecular weight is 361 g/mol. The summed E-state index contributed by atoms with van der Waals surface area (Å²) in [5, 5.41) is 6.78. The normalized spacial score (nSPS) is 10.6. The second-order valence-corrected chi connectivity index (χ2v) is 6.18. The molecule has 0 fully saturated rings. The largest absolute Gasteiger partial charge is 0.354 e. The van der Waals surface area contributed by atoms with E-state index in [1.807, 2.05) is 12.1 Å². The van der Waals surface area contributed by atoms with Crippen LogP contribution in [0.25, 0.3) is 10.1 Å². The van der Waals surface area contributed by atoms with Crippen molar-refractivity contribution in [1.82, 2.24) is 20.0 Å². The molecule has 0 atom stereocenters. The van der Waals surface area contributed by atoms with Gasteiger partial charge in [0.2, 0.25) is 0 Å². The molecule has 0 aliphatic heterocycles. The third-order valence-corrected chi connectivity index (χ3v) is 4.46. The lowest BCUT2D eigenvalue weighted by Gasteiger charge is -2.05. The molecule has 3 rings (SSSR count). The molecule has 3 aromatic rings. The smallest absolute Gasteiger partial charge is 0.270 e. The Morgan fingerprint density at radius 3 is 2.67 bits per heavy atom. The summed E-state index contributed by atoms with van der Waals surface area (Å²) in [6.45, 7) is 0.255. The summed E-state index contributed by atoms with van der Waals surface area (Å²) >= 11 is 7.36. The Bertz CT molecular complexity index is 925. The van der Waals surface area contributed by atoms with Gasteiger partial charge in [0, 0.05) is 17.5 Å². The van der Waals surface area contributed by atoms with Crippen molar-refractivity contribution >= 4 is 45.0 Å². The summed E-state index contributed by atoms with van der Waals surface area (Å²) in [5.41, 5.74) is 1.11. The number of benzene rings is 1. The Kier molecular flexibility index (Phi) is 4.73. The molecule has 0 aliphatic carbocycles. The van der Waals surface area contributed by atoms with Crippen molar-refractivity contribution < 1.29 is 9.59 Å². The predicted molar refractivity (Wildman–Crippen MR) is 93.4 cm³/mol. The highest BCUT2D eigenvalue weighted by Gasteiger charge is 2.13. The Balaban J connectivity index is 1.75. The van der Waals surface area contributed by atoms with Crippen LogP contribution in [-0.2, 0) is 6.54 Å². The monoisotopic (exact) mass is 360 g/mol. The van der Waals surface area contributed by atoms with Crippen molar-refractivity contribution in [3.05, 3.63) is 58.5 Å². The number of carbonyl (C=O) groups is 2. The van der Waals surface area contributed by atoms with E-state index in [0.717, 1.165) is 15.8 Å². The number of rotatable bonds is 4. The maximum absolute atomic E-state index is 12.3. The molecule has 0 aliphatic rings. The standard InChI is InChI=1S/C16H13ClN4O2S/c1-18-15(22)11-3-2-4-12(20-11)16(23)19-8-13-10-7-9(17)5-6-14(10)24-21-13/h2-7H,8H2,1H3,(H,18,22)(H,19,23). The van der Waals surface area contributed by atoms with E-state index in [9.17, 15) is 9.59 Å². The molecule has 122 valence electrons. The average Bonchev–Trinajstić information content (AvgIpc) is 3.01. The molecular formula is C16H13ClN4O2S. The molecule has 0 saturated heterocycles.